The van der Waals surface area contributed by atoms with Crippen molar-refractivity contribution in [3.8, 4) is 0 Å². The number of hydrogen-bond donors (Lipinski definition) is 1. The fourth-order valence-corrected chi connectivity index (χ4v) is 1.18. The molecule has 1 heterocycles. The molecule has 1 aromatic rings. The lowest BCUT2D eigenvalue weighted by atomic mass is 10.4. The summed E-state index contributed by atoms with van der Waals surface area (Å²) in [6.45, 7) is 2.52. The van der Waals surface area contributed by atoms with Crippen LogP contribution in [0, 0.1) is 0 Å². The van der Waals surface area contributed by atoms with Crippen LogP contribution in [0.4, 0.5) is 5.95 Å². The number of tetrazole rings is 1. The minimum Gasteiger partial charge on any atom is -0.480 e. The van der Waals surface area contributed by atoms with Gasteiger partial charge in [-0.15, -0.1) is 0 Å². The normalized spacial score (nSPS) is 10.1. The molecule has 1 aromatic heterocycles. The highest BCUT2D eigenvalue weighted by Crippen LogP contribution is 2.06. The number of rotatable bonds is 5. The monoisotopic (exact) mass is 199 g/mol. The second-order valence-corrected chi connectivity index (χ2v) is 2.92. The van der Waals surface area contributed by atoms with E-state index in [9.17, 15) is 4.79 Å². The number of aromatic nitrogens is 4. The molecule has 0 aliphatic carbocycles. The van der Waals surface area contributed by atoms with E-state index in [1.807, 2.05) is 6.92 Å². The molecular weight excluding hydrogens is 186 g/mol. The van der Waals surface area contributed by atoms with Gasteiger partial charge in [-0.3, -0.25) is 4.79 Å². The Bertz CT molecular complexity index is 311. The molecule has 0 amide bonds. The van der Waals surface area contributed by atoms with Crippen LogP contribution in [-0.2, 0) is 11.8 Å². The van der Waals surface area contributed by atoms with Gasteiger partial charge in [0.05, 0.1) is 0 Å². The lowest BCUT2D eigenvalue weighted by Gasteiger charge is -2.18. The Morgan fingerprint density at radius 3 is 2.79 bits per heavy atom. The van der Waals surface area contributed by atoms with E-state index in [0.717, 1.165) is 6.42 Å². The largest absolute Gasteiger partial charge is 0.480 e. The van der Waals surface area contributed by atoms with Gasteiger partial charge in [0.2, 0.25) is 5.95 Å². The minimum absolute atomic E-state index is 0.0813. The molecule has 7 heteroatoms. The third-order valence-corrected chi connectivity index (χ3v) is 1.70. The molecule has 0 bridgehead atoms. The molecule has 0 saturated heterocycles. The topological polar surface area (TPSA) is 84.1 Å². The van der Waals surface area contributed by atoms with Crippen LogP contribution in [0.25, 0.3) is 0 Å². The predicted octanol–water partition coefficient (Wildman–Crippen LogP) is -0.489. The van der Waals surface area contributed by atoms with Gasteiger partial charge in [-0.1, -0.05) is 12.0 Å². The molecule has 0 fully saturated rings. The van der Waals surface area contributed by atoms with Gasteiger partial charge in [0.25, 0.3) is 0 Å². The fourth-order valence-electron chi connectivity index (χ4n) is 1.18. The third-order valence-electron chi connectivity index (χ3n) is 1.70. The molecule has 1 N–H and O–H groups in total. The molecule has 14 heavy (non-hydrogen) atoms. The Hall–Kier alpha value is -1.66. The first-order chi connectivity index (χ1) is 6.65. The zero-order valence-electron chi connectivity index (χ0n) is 8.21. The molecule has 78 valence electrons. The Morgan fingerprint density at radius 1 is 1.64 bits per heavy atom. The summed E-state index contributed by atoms with van der Waals surface area (Å²) in [5, 5.41) is 19.5. The van der Waals surface area contributed by atoms with Crippen LogP contribution in [-0.4, -0.2) is 44.4 Å². The second kappa shape index (κ2) is 4.54. The van der Waals surface area contributed by atoms with Gasteiger partial charge in [0.15, 0.2) is 0 Å². The lowest BCUT2D eigenvalue weighted by molar-refractivity contribution is -0.135. The summed E-state index contributed by atoms with van der Waals surface area (Å²) in [7, 11) is 1.68. The quantitative estimate of drug-likeness (QED) is 0.689. The summed E-state index contributed by atoms with van der Waals surface area (Å²) >= 11 is 0. The van der Waals surface area contributed by atoms with Crippen LogP contribution >= 0.6 is 0 Å². The molecule has 0 aromatic carbocycles. The smallest absolute Gasteiger partial charge is 0.323 e. The zero-order chi connectivity index (χ0) is 10.6. The molecule has 0 saturated carbocycles. The highest BCUT2D eigenvalue weighted by atomic mass is 16.4. The van der Waals surface area contributed by atoms with Crippen LogP contribution in [0.3, 0.4) is 0 Å². The van der Waals surface area contributed by atoms with Crippen LogP contribution in [0.5, 0.6) is 0 Å². The fraction of sp³-hybridized carbons (Fsp3) is 0.714. The van der Waals surface area contributed by atoms with E-state index in [4.69, 9.17) is 5.11 Å². The highest BCUT2D eigenvalue weighted by molar-refractivity contribution is 5.72. The van der Waals surface area contributed by atoms with Gasteiger partial charge in [0, 0.05) is 13.6 Å². The van der Waals surface area contributed by atoms with Crippen molar-refractivity contribution in [2.24, 2.45) is 7.05 Å². The lowest BCUT2D eigenvalue weighted by Crippen LogP contribution is -2.32. The zero-order valence-corrected chi connectivity index (χ0v) is 8.21. The van der Waals surface area contributed by atoms with Gasteiger partial charge in [-0.05, 0) is 16.8 Å². The van der Waals surface area contributed by atoms with Crippen LogP contribution < -0.4 is 4.90 Å². The summed E-state index contributed by atoms with van der Waals surface area (Å²) in [5.41, 5.74) is 0. The first-order valence-corrected chi connectivity index (χ1v) is 4.34. The predicted molar refractivity (Wildman–Crippen MR) is 48.9 cm³/mol. The van der Waals surface area contributed by atoms with Gasteiger partial charge >= 0.3 is 5.97 Å². The molecule has 0 aliphatic heterocycles. The number of carboxylic acid groups (broad SMARTS) is 1. The maximum Gasteiger partial charge on any atom is 0.323 e. The van der Waals surface area contributed by atoms with Crippen LogP contribution in [0.15, 0.2) is 0 Å². The Morgan fingerprint density at radius 2 is 2.36 bits per heavy atom. The number of aliphatic carboxylic acids is 1. The number of aryl methyl sites for hydroxylation is 1. The molecule has 0 spiro atoms. The van der Waals surface area contributed by atoms with E-state index in [-0.39, 0.29) is 6.54 Å². The first-order valence-electron chi connectivity index (χ1n) is 4.34. The van der Waals surface area contributed by atoms with Crippen molar-refractivity contribution in [3.63, 3.8) is 0 Å². The van der Waals surface area contributed by atoms with E-state index in [2.05, 4.69) is 15.5 Å². The Labute approximate surface area is 81.3 Å². The molecule has 0 unspecified atom stereocenters. The molecule has 7 nitrogen and oxygen atoms in total. The van der Waals surface area contributed by atoms with E-state index in [0.29, 0.717) is 12.5 Å². The van der Waals surface area contributed by atoms with Crippen molar-refractivity contribution >= 4 is 11.9 Å². The Kier molecular flexibility index (Phi) is 3.38. The van der Waals surface area contributed by atoms with Crippen molar-refractivity contribution in [1.29, 1.82) is 0 Å². The summed E-state index contributed by atoms with van der Waals surface area (Å²) in [5.74, 6) is -0.407. The van der Waals surface area contributed by atoms with Gasteiger partial charge in [-0.25, -0.2) is 4.68 Å². The second-order valence-electron chi connectivity index (χ2n) is 2.92. The molecule has 0 atom stereocenters. The third kappa shape index (κ3) is 2.41. The number of carbonyl (C=O) groups is 1. The van der Waals surface area contributed by atoms with E-state index in [1.54, 1.807) is 11.9 Å². The van der Waals surface area contributed by atoms with E-state index in [1.165, 1.54) is 4.68 Å². The van der Waals surface area contributed by atoms with Crippen molar-refractivity contribution in [1.82, 2.24) is 20.2 Å². The number of anilines is 1. The maximum absolute atomic E-state index is 10.6. The van der Waals surface area contributed by atoms with Gasteiger partial charge < -0.3 is 10.0 Å². The summed E-state index contributed by atoms with van der Waals surface area (Å²) in [6, 6.07) is 0. The molecular formula is C7H13N5O2. The van der Waals surface area contributed by atoms with Crippen molar-refractivity contribution < 1.29 is 9.90 Å². The number of carboxylic acids is 1. The van der Waals surface area contributed by atoms with Gasteiger partial charge in [-0.2, -0.15) is 0 Å². The summed E-state index contributed by atoms with van der Waals surface area (Å²) in [6.07, 6.45) is 0.847. The minimum atomic E-state index is -0.888. The van der Waals surface area contributed by atoms with E-state index >= 15 is 0 Å². The molecule has 0 aliphatic rings. The number of nitrogens with zero attached hydrogens (tertiary/aromatic N) is 5. The highest BCUT2D eigenvalue weighted by Gasteiger charge is 2.14. The maximum atomic E-state index is 10.6. The summed E-state index contributed by atoms with van der Waals surface area (Å²) in [4.78, 5) is 12.2. The molecule has 1 rings (SSSR count). The summed E-state index contributed by atoms with van der Waals surface area (Å²) < 4.78 is 1.46. The van der Waals surface area contributed by atoms with Crippen molar-refractivity contribution in [3.05, 3.63) is 0 Å². The van der Waals surface area contributed by atoms with Crippen molar-refractivity contribution in [2.75, 3.05) is 18.0 Å². The average Bonchev–Trinajstić information content (AvgIpc) is 2.50. The molecule has 0 radical (unpaired) electrons. The SMILES string of the molecule is CCCN(CC(=O)O)c1nnnn1C. The first kappa shape index (κ1) is 10.4. The average molecular weight is 199 g/mol. The van der Waals surface area contributed by atoms with Crippen LogP contribution in [0.2, 0.25) is 0 Å². The van der Waals surface area contributed by atoms with E-state index < -0.39 is 5.97 Å². The van der Waals surface area contributed by atoms with Crippen LogP contribution in [0.1, 0.15) is 13.3 Å². The Balaban J connectivity index is 2.77. The standard InChI is InChI=1S/C7H13N5O2/c1-3-4-12(5-6(13)14)7-8-9-10-11(7)2/h3-5H2,1-2H3,(H,13,14). The van der Waals surface area contributed by atoms with Gasteiger partial charge in [0.1, 0.15) is 6.54 Å². The number of hydrogen-bond acceptors (Lipinski definition) is 5. The van der Waals surface area contributed by atoms with Crippen molar-refractivity contribution in [2.45, 2.75) is 13.3 Å².